The van der Waals surface area contributed by atoms with Gasteiger partial charge in [-0.25, -0.2) is 0 Å². The lowest BCUT2D eigenvalue weighted by Crippen LogP contribution is -2.03. The number of phenols is 1. The highest BCUT2D eigenvalue weighted by Gasteiger charge is 2.15. The lowest BCUT2D eigenvalue weighted by Gasteiger charge is -2.19. The standard InChI is InChI=1S/C22H38O/c1-4-7-8-9-10-11-12-13-16-21-20(17-14-18-22(21)23)19(6-3)15-5-2/h14,17-19,23H,4-13,15-16H2,1-3H3. The van der Waals surface area contributed by atoms with E-state index in [2.05, 4.69) is 26.8 Å². The molecule has 0 amide bonds. The maximum Gasteiger partial charge on any atom is 0.119 e. The lowest BCUT2D eigenvalue weighted by molar-refractivity contribution is 0.461. The van der Waals surface area contributed by atoms with Crippen molar-refractivity contribution in [2.45, 2.75) is 104 Å². The van der Waals surface area contributed by atoms with Gasteiger partial charge in [0.2, 0.25) is 0 Å². The van der Waals surface area contributed by atoms with Crippen molar-refractivity contribution in [2.24, 2.45) is 0 Å². The zero-order valence-corrected chi connectivity index (χ0v) is 15.7. The van der Waals surface area contributed by atoms with Crippen molar-refractivity contribution in [3.05, 3.63) is 29.3 Å². The van der Waals surface area contributed by atoms with Gasteiger partial charge in [-0.2, -0.15) is 0 Å². The van der Waals surface area contributed by atoms with Crippen molar-refractivity contribution in [2.75, 3.05) is 0 Å². The van der Waals surface area contributed by atoms with Gasteiger partial charge in [0, 0.05) is 0 Å². The lowest BCUT2D eigenvalue weighted by atomic mass is 9.86. The molecule has 0 fully saturated rings. The van der Waals surface area contributed by atoms with Gasteiger partial charge in [-0.15, -0.1) is 0 Å². The Morgan fingerprint density at radius 3 is 2.09 bits per heavy atom. The molecule has 0 spiro atoms. The normalized spacial score (nSPS) is 12.5. The summed E-state index contributed by atoms with van der Waals surface area (Å²) < 4.78 is 0. The van der Waals surface area contributed by atoms with E-state index in [0.717, 1.165) is 6.42 Å². The van der Waals surface area contributed by atoms with Gasteiger partial charge in [0.15, 0.2) is 0 Å². The first-order valence-corrected chi connectivity index (χ1v) is 10.0. The number of hydrogen-bond donors (Lipinski definition) is 1. The molecule has 1 heteroatoms. The number of rotatable bonds is 13. The molecule has 132 valence electrons. The first-order valence-electron chi connectivity index (χ1n) is 10.0. The van der Waals surface area contributed by atoms with Crippen LogP contribution in [0.1, 0.15) is 108 Å². The van der Waals surface area contributed by atoms with Crippen LogP contribution in [0.2, 0.25) is 0 Å². The predicted octanol–water partition coefficient (Wildman–Crippen LogP) is 7.37. The van der Waals surface area contributed by atoms with Gasteiger partial charge in [0.1, 0.15) is 5.75 Å². The van der Waals surface area contributed by atoms with E-state index in [4.69, 9.17) is 0 Å². The van der Waals surface area contributed by atoms with Gasteiger partial charge >= 0.3 is 0 Å². The van der Waals surface area contributed by atoms with Gasteiger partial charge in [-0.05, 0) is 48.8 Å². The van der Waals surface area contributed by atoms with Crippen molar-refractivity contribution in [1.29, 1.82) is 0 Å². The molecule has 0 bridgehead atoms. The number of phenolic OH excluding ortho intramolecular Hbond substituents is 1. The van der Waals surface area contributed by atoms with Crippen LogP contribution in [0, 0.1) is 0 Å². The second kappa shape index (κ2) is 12.4. The summed E-state index contributed by atoms with van der Waals surface area (Å²) in [7, 11) is 0. The molecule has 1 aromatic carbocycles. The van der Waals surface area contributed by atoms with Gasteiger partial charge < -0.3 is 5.11 Å². The van der Waals surface area contributed by atoms with Crippen molar-refractivity contribution >= 4 is 0 Å². The Bertz CT molecular complexity index is 410. The van der Waals surface area contributed by atoms with Gasteiger partial charge in [-0.3, -0.25) is 0 Å². The summed E-state index contributed by atoms with van der Waals surface area (Å²) in [5.41, 5.74) is 2.62. The third-order valence-corrected chi connectivity index (χ3v) is 5.04. The van der Waals surface area contributed by atoms with Crippen LogP contribution in [-0.2, 0) is 6.42 Å². The van der Waals surface area contributed by atoms with Crippen molar-refractivity contribution in [1.82, 2.24) is 0 Å². The van der Waals surface area contributed by atoms with Crippen molar-refractivity contribution in [3.63, 3.8) is 0 Å². The summed E-state index contributed by atoms with van der Waals surface area (Å²) in [6.45, 7) is 6.79. The smallest absolute Gasteiger partial charge is 0.119 e. The maximum absolute atomic E-state index is 10.3. The zero-order valence-electron chi connectivity index (χ0n) is 15.7. The molecule has 1 atom stereocenters. The third kappa shape index (κ3) is 7.42. The summed E-state index contributed by atoms with van der Waals surface area (Å²) in [4.78, 5) is 0. The minimum absolute atomic E-state index is 0.514. The zero-order chi connectivity index (χ0) is 16.9. The van der Waals surface area contributed by atoms with Gasteiger partial charge in [-0.1, -0.05) is 84.3 Å². The summed E-state index contributed by atoms with van der Waals surface area (Å²) >= 11 is 0. The fourth-order valence-corrected chi connectivity index (χ4v) is 3.61. The molecule has 1 aromatic rings. The summed E-state index contributed by atoms with van der Waals surface area (Å²) in [6.07, 6.45) is 15.4. The molecule has 1 N–H and O–H groups in total. The van der Waals surface area contributed by atoms with E-state index in [9.17, 15) is 5.11 Å². The van der Waals surface area contributed by atoms with Crippen molar-refractivity contribution < 1.29 is 5.11 Å². The quantitative estimate of drug-likeness (QED) is 0.376. The van der Waals surface area contributed by atoms with Gasteiger partial charge in [0.05, 0.1) is 0 Å². The van der Waals surface area contributed by atoms with Gasteiger partial charge in [0.25, 0.3) is 0 Å². The first kappa shape index (κ1) is 20.1. The maximum atomic E-state index is 10.3. The third-order valence-electron chi connectivity index (χ3n) is 5.04. The number of unbranched alkanes of at least 4 members (excludes halogenated alkanes) is 7. The summed E-state index contributed by atoms with van der Waals surface area (Å²) in [5.74, 6) is 1.12. The van der Waals surface area contributed by atoms with E-state index in [-0.39, 0.29) is 0 Å². The Morgan fingerprint density at radius 2 is 1.48 bits per heavy atom. The molecule has 1 unspecified atom stereocenters. The average molecular weight is 319 g/mol. The number of aromatic hydroxyl groups is 1. The molecule has 0 saturated carbocycles. The van der Waals surface area contributed by atoms with Crippen molar-refractivity contribution in [3.8, 4) is 5.75 Å². The molecule has 0 aliphatic carbocycles. The molecule has 23 heavy (non-hydrogen) atoms. The van der Waals surface area contributed by atoms with Crippen LogP contribution >= 0.6 is 0 Å². The number of hydrogen-bond acceptors (Lipinski definition) is 1. The molecule has 0 saturated heterocycles. The second-order valence-electron chi connectivity index (χ2n) is 6.96. The highest BCUT2D eigenvalue weighted by molar-refractivity contribution is 5.41. The molecule has 0 aliphatic heterocycles. The van der Waals surface area contributed by atoms with Crippen LogP contribution in [-0.4, -0.2) is 5.11 Å². The van der Waals surface area contributed by atoms with E-state index in [0.29, 0.717) is 11.7 Å². The highest BCUT2D eigenvalue weighted by Crippen LogP contribution is 2.33. The molecule has 0 aromatic heterocycles. The molecular weight excluding hydrogens is 280 g/mol. The van der Waals surface area contributed by atoms with E-state index in [1.54, 1.807) is 0 Å². The van der Waals surface area contributed by atoms with E-state index >= 15 is 0 Å². The molecule has 1 rings (SSSR count). The fraction of sp³-hybridized carbons (Fsp3) is 0.727. The van der Waals surface area contributed by atoms with E-state index in [1.807, 2.05) is 12.1 Å². The van der Waals surface area contributed by atoms with E-state index in [1.165, 1.54) is 81.8 Å². The largest absolute Gasteiger partial charge is 0.508 e. The van der Waals surface area contributed by atoms with E-state index < -0.39 is 0 Å². The molecule has 0 aliphatic rings. The monoisotopic (exact) mass is 318 g/mol. The minimum atomic E-state index is 0.514. The van der Waals surface area contributed by atoms with Crippen LogP contribution in [0.3, 0.4) is 0 Å². The summed E-state index contributed by atoms with van der Waals surface area (Å²) in [6, 6.07) is 6.12. The molecule has 0 heterocycles. The SMILES string of the molecule is CCCCCCCCCCc1c(O)cccc1C(CC)CCC. The van der Waals surface area contributed by atoms with Crippen LogP contribution in [0.15, 0.2) is 18.2 Å². The highest BCUT2D eigenvalue weighted by atomic mass is 16.3. The topological polar surface area (TPSA) is 20.2 Å². The number of benzene rings is 1. The van der Waals surface area contributed by atoms with Crippen LogP contribution in [0.4, 0.5) is 0 Å². The van der Waals surface area contributed by atoms with Crippen LogP contribution < -0.4 is 0 Å². The second-order valence-corrected chi connectivity index (χ2v) is 6.96. The fourth-order valence-electron chi connectivity index (χ4n) is 3.61. The Kier molecular flexibility index (Phi) is 10.9. The minimum Gasteiger partial charge on any atom is -0.508 e. The average Bonchev–Trinajstić information content (AvgIpc) is 2.56. The Balaban J connectivity index is 2.46. The Labute approximate surface area is 144 Å². The molecular formula is C22H38O. The van der Waals surface area contributed by atoms with Crippen LogP contribution in [0.25, 0.3) is 0 Å². The Morgan fingerprint density at radius 1 is 0.826 bits per heavy atom. The summed E-state index contributed by atoms with van der Waals surface area (Å²) in [5, 5.41) is 10.3. The van der Waals surface area contributed by atoms with Crippen LogP contribution in [0.5, 0.6) is 5.75 Å². The molecule has 0 radical (unpaired) electrons. The Hall–Kier alpha value is -0.980. The molecule has 1 nitrogen and oxygen atoms in total. The predicted molar refractivity (Wildman–Crippen MR) is 102 cm³/mol. The first-order chi connectivity index (χ1) is 11.2.